The maximum atomic E-state index is 12.2. The summed E-state index contributed by atoms with van der Waals surface area (Å²) in [5.74, 6) is 0. The van der Waals surface area contributed by atoms with Crippen LogP contribution in [0.2, 0.25) is 0 Å². The van der Waals surface area contributed by atoms with E-state index in [0.29, 0.717) is 11.8 Å². The van der Waals surface area contributed by atoms with Crippen LogP contribution in [0.4, 0.5) is 0 Å². The van der Waals surface area contributed by atoms with E-state index in [4.69, 9.17) is 18.8 Å². The number of benzene rings is 1. The molecule has 2 aliphatic heterocycles. The molecule has 0 aromatic heterocycles. The minimum Gasteiger partial charge on any atom is -0.356 e. The van der Waals surface area contributed by atoms with Gasteiger partial charge >= 0.3 is 72.8 Å². The van der Waals surface area contributed by atoms with Crippen molar-refractivity contribution in [1.82, 2.24) is 0 Å². The van der Waals surface area contributed by atoms with Crippen LogP contribution in [0.1, 0.15) is 0 Å². The Kier molecular flexibility index (Phi) is 16.9. The quantitative estimate of drug-likeness (QED) is 0.0464. The molecule has 1 aromatic rings. The third-order valence-electron chi connectivity index (χ3n) is 6.47. The van der Waals surface area contributed by atoms with Crippen molar-refractivity contribution < 1.29 is 134 Å². The molecule has 3 rings (SSSR count). The molecule has 0 bridgehead atoms. The molecule has 2 fully saturated rings. The van der Waals surface area contributed by atoms with Gasteiger partial charge in [0.1, 0.15) is 48.2 Å². The molecule has 7 N–H and O–H groups in total. The van der Waals surface area contributed by atoms with E-state index in [1.165, 1.54) is 24.3 Å². The van der Waals surface area contributed by atoms with Crippen molar-refractivity contribution in [2.24, 2.45) is 0 Å². The molecule has 2 aliphatic rings. The summed E-state index contributed by atoms with van der Waals surface area (Å²) < 4.78 is 278. The Morgan fingerprint density at radius 3 is 1.34 bits per heavy atom. The lowest BCUT2D eigenvalue weighted by Gasteiger charge is -2.48. The normalized spacial score (nSPS) is 29.6. The molecule has 0 radical (unpaired) electrons. The van der Waals surface area contributed by atoms with E-state index in [9.17, 15) is 86.2 Å². The van der Waals surface area contributed by atoms with Gasteiger partial charge in [-0.25, -0.2) is 29.3 Å². The Morgan fingerprint density at radius 2 is 0.914 bits per heavy atom. The van der Waals surface area contributed by atoms with Gasteiger partial charge in [-0.05, 0) is 18.2 Å². The van der Waals surface area contributed by atoms with Gasteiger partial charge in [-0.3, -0.25) is 31.9 Å². The van der Waals surface area contributed by atoms with Gasteiger partial charge in [0.05, 0.1) is 13.2 Å². The number of thiol groups is 1. The van der Waals surface area contributed by atoms with Gasteiger partial charge in [0.25, 0.3) is 0 Å². The van der Waals surface area contributed by atoms with Crippen LogP contribution in [0.3, 0.4) is 0 Å². The van der Waals surface area contributed by atoms with Crippen LogP contribution in [-0.2, 0) is 116 Å². The molecule has 1 aromatic carbocycles. The van der Waals surface area contributed by atoms with E-state index in [0.717, 1.165) is 0 Å². The second kappa shape index (κ2) is 19.1. The van der Waals surface area contributed by atoms with Gasteiger partial charge in [0.2, 0.25) is 0 Å². The second-order valence-corrected chi connectivity index (χ2v) is 19.8. The highest BCUT2D eigenvalue weighted by atomic mass is 32.3. The summed E-state index contributed by atoms with van der Waals surface area (Å²) in [6, 6.07) is 5.26. The zero-order valence-corrected chi connectivity index (χ0v) is 34.6. The largest absolute Gasteiger partial charge is 0.397 e. The van der Waals surface area contributed by atoms with E-state index in [1.54, 1.807) is 0 Å². The summed E-state index contributed by atoms with van der Waals surface area (Å²) in [4.78, 5) is 0.228. The number of hydrogen-bond acceptors (Lipinski definition) is 26. The van der Waals surface area contributed by atoms with Crippen LogP contribution in [0.15, 0.2) is 34.1 Å². The summed E-state index contributed by atoms with van der Waals surface area (Å²) >= 11 is 4.44. The molecule has 338 valence electrons. The third kappa shape index (κ3) is 18.1. The Labute approximate surface area is 337 Å². The molecular weight excluding hydrogens is 1000 g/mol. The molecule has 40 heteroatoms. The molecular formula is C18H26O31S9. The van der Waals surface area contributed by atoms with E-state index in [-0.39, 0.29) is 9.79 Å². The Balaban J connectivity index is 2.36. The van der Waals surface area contributed by atoms with Crippen molar-refractivity contribution >= 4 is 97.2 Å². The van der Waals surface area contributed by atoms with E-state index < -0.39 is 147 Å². The Morgan fingerprint density at radius 1 is 0.517 bits per heavy atom. The van der Waals surface area contributed by atoms with Gasteiger partial charge in [0.15, 0.2) is 12.4 Å². The minimum atomic E-state index is -6.11. The molecule has 31 nitrogen and oxygen atoms in total. The summed E-state index contributed by atoms with van der Waals surface area (Å²) in [5, 5.41) is 0. The molecule has 2 saturated heterocycles. The standard InChI is InChI=1S/C18H26O31S9/c19-52(20,21)40-5-9-11(13(46-55(28,29)30)16(49-58(37,38)39)18(43-9)51-8-3-1-2-7(50)4-8)44-17-15(48-57(34,35)36)14(47-56(31,32)33)12(45-54(25,26)27)10(42-17)6-41-53(22,23)24/h1-4,9-18,50H,5-6H2,(H,19,20,21)(H,22,23,24)(H,25,26,27)(H,28,29,30)(H,31,32,33)(H,34,35,36)(H,37,38,39)/t9-,10-,11-,12-,13+,14+,15-,16-,17-,18+/m1/s1. The van der Waals surface area contributed by atoms with Crippen molar-refractivity contribution in [1.29, 1.82) is 0 Å². The van der Waals surface area contributed by atoms with Crippen LogP contribution in [-0.4, -0.2) is 165 Å². The Hall–Kier alpha value is -1.11. The number of hydrogen-bond donors (Lipinski definition) is 8. The van der Waals surface area contributed by atoms with Crippen LogP contribution >= 0.6 is 24.4 Å². The van der Waals surface area contributed by atoms with Crippen molar-refractivity contribution in [3.8, 4) is 0 Å². The van der Waals surface area contributed by atoms with Crippen LogP contribution < -0.4 is 0 Å². The SMILES string of the molecule is O=S(=O)(O)OC[C@H]1O[C@@H](Sc2cccc(S)c2)[C@H](OS(=O)(=O)O)[C@@H](OS(=O)(=O)O)[C@@H]1O[C@H]1O[C@H](COS(=O)(=O)O)[C@@H](OS(=O)(=O)O)[C@H](OS(=O)(=O)O)[C@H]1OS(=O)(=O)O. The smallest absolute Gasteiger partial charge is 0.356 e. The molecule has 0 unspecified atom stereocenters. The molecule has 10 atom stereocenters. The zero-order valence-electron chi connectivity index (χ0n) is 27.1. The lowest BCUT2D eigenvalue weighted by molar-refractivity contribution is -0.325. The second-order valence-electron chi connectivity index (χ2n) is 10.7. The highest BCUT2D eigenvalue weighted by Crippen LogP contribution is 2.41. The first-order valence-electron chi connectivity index (χ1n) is 13.9. The van der Waals surface area contributed by atoms with Gasteiger partial charge in [-0.15, -0.1) is 12.6 Å². The fourth-order valence-corrected chi connectivity index (χ4v) is 9.43. The van der Waals surface area contributed by atoms with Gasteiger partial charge in [-0.1, -0.05) is 17.8 Å². The number of ether oxygens (including phenoxy) is 3. The fourth-order valence-electron chi connectivity index (χ4n) is 4.79. The highest BCUT2D eigenvalue weighted by Gasteiger charge is 2.58. The van der Waals surface area contributed by atoms with Crippen LogP contribution in [0.25, 0.3) is 0 Å². The maximum Gasteiger partial charge on any atom is 0.397 e. The van der Waals surface area contributed by atoms with Crippen LogP contribution in [0.5, 0.6) is 0 Å². The maximum absolute atomic E-state index is 12.2. The predicted octanol–water partition coefficient (Wildman–Crippen LogP) is -3.52. The third-order valence-corrected chi connectivity index (χ3v) is 11.1. The fraction of sp³-hybridized carbons (Fsp3) is 0.667. The summed E-state index contributed by atoms with van der Waals surface area (Å²) in [7, 11) is -41.2. The van der Waals surface area contributed by atoms with E-state index in [1.807, 2.05) is 0 Å². The van der Waals surface area contributed by atoms with Crippen molar-refractivity contribution in [3.05, 3.63) is 24.3 Å². The van der Waals surface area contributed by atoms with Crippen LogP contribution in [0, 0.1) is 0 Å². The topological polar surface area (TPSA) is 473 Å². The summed E-state index contributed by atoms with van der Waals surface area (Å²) in [6.07, 6.45) is -26.5. The van der Waals surface area contributed by atoms with Gasteiger partial charge < -0.3 is 14.2 Å². The lowest BCUT2D eigenvalue weighted by atomic mass is 9.97. The van der Waals surface area contributed by atoms with E-state index >= 15 is 0 Å². The first-order chi connectivity index (χ1) is 26.0. The van der Waals surface area contributed by atoms with Crippen molar-refractivity contribution in [2.45, 2.75) is 70.3 Å². The first kappa shape index (κ1) is 51.2. The predicted molar refractivity (Wildman–Crippen MR) is 179 cm³/mol. The molecule has 0 spiro atoms. The average molecular weight is 1030 g/mol. The lowest BCUT2D eigenvalue weighted by Crippen LogP contribution is -2.66. The van der Waals surface area contributed by atoms with E-state index in [2.05, 4.69) is 41.9 Å². The average Bonchev–Trinajstić information content (AvgIpc) is 2.97. The molecule has 2 heterocycles. The summed E-state index contributed by atoms with van der Waals surface area (Å²) in [6.45, 7) is -3.47. The van der Waals surface area contributed by atoms with Gasteiger partial charge in [-0.2, -0.15) is 58.9 Å². The van der Waals surface area contributed by atoms with Crippen molar-refractivity contribution in [2.75, 3.05) is 13.2 Å². The molecule has 0 saturated carbocycles. The molecule has 58 heavy (non-hydrogen) atoms. The Bertz CT molecular complexity index is 2400. The number of rotatable bonds is 20. The molecule has 0 amide bonds. The highest BCUT2D eigenvalue weighted by molar-refractivity contribution is 8.00. The number of thioether (sulfide) groups is 1. The zero-order chi connectivity index (χ0) is 44.4. The minimum absolute atomic E-state index is 0.0230. The van der Waals surface area contributed by atoms with Gasteiger partial charge in [0, 0.05) is 9.79 Å². The monoisotopic (exact) mass is 1030 g/mol. The molecule has 0 aliphatic carbocycles. The van der Waals surface area contributed by atoms with Crippen molar-refractivity contribution in [3.63, 3.8) is 0 Å². The summed E-state index contributed by atoms with van der Waals surface area (Å²) in [5.41, 5.74) is -2.13. The first-order valence-corrected chi connectivity index (χ1v) is 24.8.